The first-order chi connectivity index (χ1) is 20.4. The van der Waals surface area contributed by atoms with Gasteiger partial charge in [-0.2, -0.15) is 0 Å². The molecule has 3 saturated heterocycles. The number of benzene rings is 2. The number of likely N-dealkylation sites (tertiary alicyclic amines) is 1. The number of piperazine rings is 1. The lowest BCUT2D eigenvalue weighted by Gasteiger charge is -2.42. The van der Waals surface area contributed by atoms with E-state index in [4.69, 9.17) is 4.52 Å². The summed E-state index contributed by atoms with van der Waals surface area (Å²) in [4.78, 5) is 45.2. The number of amides is 3. The predicted molar refractivity (Wildman–Crippen MR) is 148 cm³/mol. The molecule has 0 aliphatic carbocycles. The molecular formula is C30H32F2N6O4. The molecule has 3 fully saturated rings. The number of carbonyl (C=O) groups excluding carboxylic acids is 3. The third-order valence-electron chi connectivity index (χ3n) is 9.23. The van der Waals surface area contributed by atoms with Crippen LogP contribution in [-0.4, -0.2) is 88.9 Å². The number of halogens is 2. The monoisotopic (exact) mass is 578 g/mol. The first kappa shape index (κ1) is 27.0. The lowest BCUT2D eigenvalue weighted by molar-refractivity contribution is -0.136. The van der Waals surface area contributed by atoms with E-state index < -0.39 is 11.9 Å². The van der Waals surface area contributed by atoms with Crippen LogP contribution in [0.15, 0.2) is 34.9 Å². The zero-order chi connectivity index (χ0) is 29.0. The Bertz CT molecular complexity index is 1560. The number of aromatic nitrogens is 1. The number of imide groups is 1. The molecule has 42 heavy (non-hydrogen) atoms. The van der Waals surface area contributed by atoms with E-state index >= 15 is 4.39 Å². The lowest BCUT2D eigenvalue weighted by Crippen LogP contribution is -2.53. The van der Waals surface area contributed by atoms with Crippen molar-refractivity contribution >= 4 is 34.5 Å². The standard InChI is InChI=1S/C30H32F2N6O4/c31-19-2-4-22-25(15-19)42-34-28(22)37-13-11-36(12-14-37)20-7-9-35(10-8-20)16-18-1-3-21-23(27(18)32)17-38(30(21)41)24-5-6-26(39)33-29(24)40/h1-4,15,20,24H,5-14,16-17H2,(H,33,39,40). The average molecular weight is 579 g/mol. The van der Waals surface area contributed by atoms with Crippen LogP contribution in [0.5, 0.6) is 0 Å². The molecule has 7 rings (SSSR count). The summed E-state index contributed by atoms with van der Waals surface area (Å²) in [6.07, 6.45) is 2.39. The van der Waals surface area contributed by atoms with Gasteiger partial charge in [0, 0.05) is 67.9 Å². The summed E-state index contributed by atoms with van der Waals surface area (Å²) >= 11 is 0. The van der Waals surface area contributed by atoms with Crippen molar-refractivity contribution in [3.05, 3.63) is 58.7 Å². The Morgan fingerprint density at radius 2 is 1.74 bits per heavy atom. The molecule has 5 heterocycles. The maximum absolute atomic E-state index is 15.6. The zero-order valence-corrected chi connectivity index (χ0v) is 23.2. The van der Waals surface area contributed by atoms with Crippen molar-refractivity contribution in [2.24, 2.45) is 0 Å². The molecule has 0 radical (unpaired) electrons. The van der Waals surface area contributed by atoms with Crippen molar-refractivity contribution in [2.45, 2.75) is 50.9 Å². The van der Waals surface area contributed by atoms with Crippen LogP contribution >= 0.6 is 0 Å². The number of fused-ring (bicyclic) bond motifs is 2. The fourth-order valence-electron chi connectivity index (χ4n) is 6.88. The molecule has 1 N–H and O–H groups in total. The van der Waals surface area contributed by atoms with E-state index in [2.05, 4.69) is 25.2 Å². The fourth-order valence-corrected chi connectivity index (χ4v) is 6.88. The molecule has 1 atom stereocenters. The maximum atomic E-state index is 15.6. The second-order valence-electron chi connectivity index (χ2n) is 11.6. The van der Waals surface area contributed by atoms with Crippen molar-refractivity contribution in [3.8, 4) is 0 Å². The number of rotatable bonds is 5. The molecule has 4 aliphatic heterocycles. The molecule has 220 valence electrons. The van der Waals surface area contributed by atoms with Crippen molar-refractivity contribution in [3.63, 3.8) is 0 Å². The van der Waals surface area contributed by atoms with Crippen molar-refractivity contribution in [2.75, 3.05) is 44.2 Å². The molecule has 3 amide bonds. The summed E-state index contributed by atoms with van der Waals surface area (Å²) in [6, 6.07) is 7.56. The molecular weight excluding hydrogens is 546 g/mol. The minimum atomic E-state index is -0.758. The van der Waals surface area contributed by atoms with Gasteiger partial charge in [-0.1, -0.05) is 11.2 Å². The maximum Gasteiger partial charge on any atom is 0.255 e. The third-order valence-corrected chi connectivity index (χ3v) is 9.23. The molecule has 1 unspecified atom stereocenters. The van der Waals surface area contributed by atoms with E-state index in [0.717, 1.165) is 63.3 Å². The van der Waals surface area contributed by atoms with Crippen LogP contribution < -0.4 is 10.2 Å². The normalized spacial score (nSPS) is 22.7. The van der Waals surface area contributed by atoms with Crippen LogP contribution in [0.3, 0.4) is 0 Å². The van der Waals surface area contributed by atoms with Gasteiger partial charge in [0.1, 0.15) is 17.7 Å². The van der Waals surface area contributed by atoms with Crippen LogP contribution in [0.2, 0.25) is 0 Å². The number of nitrogens with one attached hydrogen (secondary N) is 1. The highest BCUT2D eigenvalue weighted by molar-refractivity contribution is 6.05. The summed E-state index contributed by atoms with van der Waals surface area (Å²) in [5, 5.41) is 7.30. The largest absolute Gasteiger partial charge is 0.354 e. The van der Waals surface area contributed by atoms with Crippen molar-refractivity contribution in [1.82, 2.24) is 25.2 Å². The number of piperidine rings is 2. The van der Waals surface area contributed by atoms with E-state index in [1.165, 1.54) is 17.0 Å². The molecule has 12 heteroatoms. The van der Waals surface area contributed by atoms with E-state index in [1.807, 2.05) is 0 Å². The summed E-state index contributed by atoms with van der Waals surface area (Å²) in [5.41, 5.74) is 1.64. The summed E-state index contributed by atoms with van der Waals surface area (Å²) in [5.74, 6) is -1.17. The quantitative estimate of drug-likeness (QED) is 0.462. The van der Waals surface area contributed by atoms with Gasteiger partial charge >= 0.3 is 0 Å². The van der Waals surface area contributed by atoms with Gasteiger partial charge in [0.25, 0.3) is 5.91 Å². The Labute approximate surface area is 241 Å². The fraction of sp³-hybridized carbons (Fsp3) is 0.467. The minimum absolute atomic E-state index is 0.0369. The van der Waals surface area contributed by atoms with Crippen LogP contribution in [0.25, 0.3) is 11.0 Å². The Hall–Kier alpha value is -3.90. The second-order valence-corrected chi connectivity index (χ2v) is 11.6. The first-order valence-corrected chi connectivity index (χ1v) is 14.6. The average Bonchev–Trinajstić information content (AvgIpc) is 3.56. The Morgan fingerprint density at radius 3 is 2.50 bits per heavy atom. The predicted octanol–water partition coefficient (Wildman–Crippen LogP) is 2.65. The number of nitrogens with zero attached hydrogens (tertiary/aromatic N) is 5. The Kier molecular flexibility index (Phi) is 6.89. The SMILES string of the molecule is O=C1CCC(N2Cc3c(ccc(CN4CCC(N5CCN(c6noc7cc(F)ccc67)CC5)CC4)c3F)C2=O)C(=O)N1. The number of anilines is 1. The molecule has 10 nitrogen and oxygen atoms in total. The topological polar surface area (TPSA) is 102 Å². The van der Waals surface area contributed by atoms with Gasteiger partial charge < -0.3 is 14.3 Å². The van der Waals surface area contributed by atoms with Gasteiger partial charge in [-0.05, 0) is 50.6 Å². The van der Waals surface area contributed by atoms with Gasteiger partial charge in [-0.3, -0.25) is 29.5 Å². The molecule has 1 aromatic heterocycles. The van der Waals surface area contributed by atoms with Crippen molar-refractivity contribution in [1.29, 1.82) is 0 Å². The molecule has 0 saturated carbocycles. The summed E-state index contributed by atoms with van der Waals surface area (Å²) in [6.45, 7) is 5.63. The van der Waals surface area contributed by atoms with Gasteiger partial charge in [0.2, 0.25) is 11.8 Å². The van der Waals surface area contributed by atoms with Crippen molar-refractivity contribution < 1.29 is 27.7 Å². The van der Waals surface area contributed by atoms with Gasteiger partial charge in [-0.25, -0.2) is 8.78 Å². The Balaban J connectivity index is 0.933. The summed E-state index contributed by atoms with van der Waals surface area (Å²) < 4.78 is 34.5. The number of hydrogen-bond acceptors (Lipinski definition) is 8. The molecule has 0 spiro atoms. The zero-order valence-electron chi connectivity index (χ0n) is 23.2. The van der Waals surface area contributed by atoms with Gasteiger partial charge in [0.15, 0.2) is 11.4 Å². The number of carbonyl (C=O) groups is 3. The van der Waals surface area contributed by atoms with Crippen LogP contribution in [0, 0.1) is 11.6 Å². The molecule has 2 aromatic carbocycles. The van der Waals surface area contributed by atoms with Crippen LogP contribution in [0.1, 0.15) is 47.2 Å². The highest BCUT2D eigenvalue weighted by Gasteiger charge is 2.40. The highest BCUT2D eigenvalue weighted by atomic mass is 19.1. The lowest BCUT2D eigenvalue weighted by atomic mass is 10.00. The van der Waals surface area contributed by atoms with Crippen LogP contribution in [0.4, 0.5) is 14.6 Å². The molecule has 3 aromatic rings. The van der Waals surface area contributed by atoms with E-state index in [0.29, 0.717) is 34.9 Å². The number of hydrogen-bond donors (Lipinski definition) is 1. The van der Waals surface area contributed by atoms with Crippen LogP contribution in [-0.2, 0) is 22.7 Å². The van der Waals surface area contributed by atoms with Gasteiger partial charge in [0.05, 0.1) is 11.9 Å². The van der Waals surface area contributed by atoms with E-state index in [1.54, 1.807) is 18.2 Å². The smallest absolute Gasteiger partial charge is 0.255 e. The molecule has 0 bridgehead atoms. The first-order valence-electron chi connectivity index (χ1n) is 14.6. The van der Waals surface area contributed by atoms with Gasteiger partial charge in [-0.15, -0.1) is 0 Å². The summed E-state index contributed by atoms with van der Waals surface area (Å²) in [7, 11) is 0. The Morgan fingerprint density at radius 1 is 0.952 bits per heavy atom. The molecule has 4 aliphatic rings. The third kappa shape index (κ3) is 4.82. The van der Waals surface area contributed by atoms with E-state index in [-0.39, 0.29) is 42.8 Å². The second kappa shape index (κ2) is 10.7. The van der Waals surface area contributed by atoms with E-state index in [9.17, 15) is 18.8 Å². The highest BCUT2D eigenvalue weighted by Crippen LogP contribution is 2.32. The minimum Gasteiger partial charge on any atom is -0.354 e.